The third-order valence-corrected chi connectivity index (χ3v) is 4.73. The Kier molecular flexibility index (Phi) is 23.1. The van der Waals surface area contributed by atoms with Crippen LogP contribution in [-0.4, -0.2) is 40.9 Å². The minimum Gasteiger partial charge on any atom is -0.461 e. The van der Waals surface area contributed by atoms with E-state index < -0.39 is 17.1 Å². The van der Waals surface area contributed by atoms with E-state index in [0.717, 1.165) is 17.7 Å². The van der Waals surface area contributed by atoms with Gasteiger partial charge in [-0.3, -0.25) is 9.59 Å². The average Bonchev–Trinajstić information content (AvgIpc) is 2.79. The summed E-state index contributed by atoms with van der Waals surface area (Å²) in [7, 11) is 0. The highest BCUT2D eigenvalue weighted by atomic mass is 32.1. The number of amides is 1. The number of nitrogens with one attached hydrogen (secondary N) is 1. The van der Waals surface area contributed by atoms with Crippen molar-refractivity contribution < 1.29 is 19.1 Å². The number of rotatable bonds is 12. The zero-order valence-corrected chi connectivity index (χ0v) is 26.8. The fraction of sp³-hybridized carbons (Fsp3) is 0.733. The SMILES string of the molecule is CC.CC.CC(CC(=O)OCc1ccccc1)C(=O)NC(C)(C)CC(C)(C)OCCC(C)(C)N.CCS. The number of hydrogen-bond donors (Lipinski definition) is 3. The number of carbonyl (C=O) groups excluding carboxylic acids is 2. The maximum Gasteiger partial charge on any atom is 0.306 e. The maximum atomic E-state index is 12.6. The zero-order valence-electron chi connectivity index (χ0n) is 25.9. The van der Waals surface area contributed by atoms with E-state index in [1.165, 1.54) is 0 Å². The third-order valence-electron chi connectivity index (χ3n) is 4.73. The van der Waals surface area contributed by atoms with Crippen molar-refractivity contribution in [2.24, 2.45) is 11.7 Å². The van der Waals surface area contributed by atoms with Gasteiger partial charge in [0.1, 0.15) is 6.61 Å². The van der Waals surface area contributed by atoms with Crippen LogP contribution in [0.2, 0.25) is 0 Å². The van der Waals surface area contributed by atoms with Gasteiger partial charge in [-0.25, -0.2) is 0 Å². The first-order chi connectivity index (χ1) is 17.1. The van der Waals surface area contributed by atoms with E-state index in [2.05, 4.69) is 17.9 Å². The molecule has 0 saturated carbocycles. The molecule has 1 rings (SSSR count). The molecule has 0 aliphatic rings. The van der Waals surface area contributed by atoms with Gasteiger partial charge >= 0.3 is 5.97 Å². The zero-order chi connectivity index (χ0) is 29.7. The molecule has 0 radical (unpaired) electrons. The van der Waals surface area contributed by atoms with Crippen molar-refractivity contribution in [1.29, 1.82) is 0 Å². The molecule has 1 unspecified atom stereocenters. The smallest absolute Gasteiger partial charge is 0.306 e. The Morgan fingerprint density at radius 1 is 1.00 bits per heavy atom. The van der Waals surface area contributed by atoms with Gasteiger partial charge in [-0.15, -0.1) is 0 Å². The summed E-state index contributed by atoms with van der Waals surface area (Å²) in [6.45, 7) is 24.4. The van der Waals surface area contributed by atoms with Crippen molar-refractivity contribution in [3.8, 4) is 0 Å². The predicted octanol–water partition coefficient (Wildman–Crippen LogP) is 6.95. The summed E-state index contributed by atoms with van der Waals surface area (Å²) in [4.78, 5) is 24.7. The first-order valence-corrected chi connectivity index (χ1v) is 14.3. The molecule has 1 aromatic rings. The number of thiol groups is 1. The van der Waals surface area contributed by atoms with Crippen LogP contribution in [-0.2, 0) is 25.7 Å². The molecule has 0 aromatic heterocycles. The van der Waals surface area contributed by atoms with Crippen molar-refractivity contribution >= 4 is 24.5 Å². The number of nitrogens with two attached hydrogens (primary N) is 1. The minimum absolute atomic E-state index is 0.0419. The molecule has 0 aliphatic heterocycles. The van der Waals surface area contributed by atoms with Crippen molar-refractivity contribution in [3.63, 3.8) is 0 Å². The summed E-state index contributed by atoms with van der Waals surface area (Å²) in [6, 6.07) is 9.48. The highest BCUT2D eigenvalue weighted by molar-refractivity contribution is 7.80. The van der Waals surface area contributed by atoms with Gasteiger partial charge in [0.25, 0.3) is 0 Å². The Labute approximate surface area is 234 Å². The van der Waals surface area contributed by atoms with Crippen LogP contribution in [0.25, 0.3) is 0 Å². The number of esters is 1. The van der Waals surface area contributed by atoms with Crippen molar-refractivity contribution in [3.05, 3.63) is 35.9 Å². The highest BCUT2D eigenvalue weighted by Gasteiger charge is 2.32. The van der Waals surface area contributed by atoms with Crippen LogP contribution in [0.15, 0.2) is 30.3 Å². The lowest BCUT2D eigenvalue weighted by molar-refractivity contribution is -0.148. The molecule has 1 aromatic carbocycles. The normalized spacial score (nSPS) is 11.8. The van der Waals surface area contributed by atoms with Crippen LogP contribution in [0.3, 0.4) is 0 Å². The molecule has 0 saturated heterocycles. The molecule has 0 bridgehead atoms. The summed E-state index contributed by atoms with van der Waals surface area (Å²) in [5.74, 6) is -0.0856. The van der Waals surface area contributed by atoms with E-state index in [1.807, 2.05) is 106 Å². The number of hydrogen-bond acceptors (Lipinski definition) is 6. The molecule has 3 N–H and O–H groups in total. The molecule has 0 heterocycles. The minimum atomic E-state index is -0.485. The van der Waals surface area contributed by atoms with E-state index >= 15 is 0 Å². The van der Waals surface area contributed by atoms with Crippen LogP contribution in [0.5, 0.6) is 0 Å². The molecule has 0 fully saturated rings. The summed E-state index contributed by atoms with van der Waals surface area (Å²) in [5.41, 5.74) is 5.76. The summed E-state index contributed by atoms with van der Waals surface area (Å²) >= 11 is 3.79. The van der Waals surface area contributed by atoms with Gasteiger partial charge in [-0.05, 0) is 65.7 Å². The van der Waals surface area contributed by atoms with Crippen LogP contribution in [0, 0.1) is 5.92 Å². The highest BCUT2D eigenvalue weighted by Crippen LogP contribution is 2.25. The molecule has 1 amide bonds. The van der Waals surface area contributed by atoms with E-state index in [9.17, 15) is 9.59 Å². The van der Waals surface area contributed by atoms with Gasteiger partial charge in [0.2, 0.25) is 5.91 Å². The van der Waals surface area contributed by atoms with Crippen LogP contribution in [0.4, 0.5) is 0 Å². The van der Waals surface area contributed by atoms with E-state index in [1.54, 1.807) is 6.92 Å². The third kappa shape index (κ3) is 24.5. The van der Waals surface area contributed by atoms with Crippen LogP contribution >= 0.6 is 12.6 Å². The van der Waals surface area contributed by atoms with Gasteiger partial charge in [0, 0.05) is 23.6 Å². The number of carbonyl (C=O) groups is 2. The Morgan fingerprint density at radius 2 is 1.49 bits per heavy atom. The predicted molar refractivity (Wildman–Crippen MR) is 162 cm³/mol. The fourth-order valence-electron chi connectivity index (χ4n) is 3.35. The first kappa shape index (κ1) is 39.9. The Bertz CT molecular complexity index is 701. The second kappa shape index (κ2) is 21.4. The summed E-state index contributed by atoms with van der Waals surface area (Å²) in [5, 5.41) is 3.05. The first-order valence-electron chi connectivity index (χ1n) is 13.7. The average molecular weight is 543 g/mol. The summed E-state index contributed by atoms with van der Waals surface area (Å²) in [6.07, 6.45) is 1.42. The van der Waals surface area contributed by atoms with Crippen molar-refractivity contribution in [2.75, 3.05) is 12.4 Å². The van der Waals surface area contributed by atoms with Gasteiger partial charge in [0.15, 0.2) is 0 Å². The lowest BCUT2D eigenvalue weighted by Gasteiger charge is -2.36. The second-order valence-electron chi connectivity index (χ2n) is 10.5. The molecule has 218 valence electrons. The Hall–Kier alpha value is -1.57. The number of ether oxygens (including phenoxy) is 2. The lowest BCUT2D eigenvalue weighted by Crippen LogP contribution is -2.50. The molecule has 37 heavy (non-hydrogen) atoms. The molecule has 0 aliphatic carbocycles. The molecule has 1 atom stereocenters. The van der Waals surface area contributed by atoms with Gasteiger partial charge < -0.3 is 20.5 Å². The standard InChI is InChI=1S/C24H40N2O4.C2H6S.2C2H6/c1-18(15-20(27)29-16-19-11-9-8-10-12-19)21(28)26-23(4,5)17-24(6,7)30-14-13-22(2,3)25;1-2-3;2*1-2/h8-12,18H,13-17,25H2,1-7H3,(H,26,28);3H,2H2,1H3;2*1-2H3. The quantitative estimate of drug-likeness (QED) is 0.196. The molecule has 7 heteroatoms. The van der Waals surface area contributed by atoms with Crippen molar-refractivity contribution in [1.82, 2.24) is 5.32 Å². The maximum absolute atomic E-state index is 12.6. The lowest BCUT2D eigenvalue weighted by atomic mass is 9.88. The number of benzene rings is 1. The molecule has 0 spiro atoms. The van der Waals surface area contributed by atoms with Crippen molar-refractivity contribution in [2.45, 2.75) is 126 Å². The van der Waals surface area contributed by atoms with Crippen LogP contribution < -0.4 is 11.1 Å². The molecular formula is C30H58N2O4S. The van der Waals surface area contributed by atoms with E-state index in [0.29, 0.717) is 13.0 Å². The topological polar surface area (TPSA) is 90.7 Å². The monoisotopic (exact) mass is 542 g/mol. The fourth-order valence-corrected chi connectivity index (χ4v) is 3.35. The Balaban J connectivity index is -0.00000150. The largest absolute Gasteiger partial charge is 0.461 e. The Morgan fingerprint density at radius 3 is 1.95 bits per heavy atom. The summed E-state index contributed by atoms with van der Waals surface area (Å²) < 4.78 is 11.3. The molecular weight excluding hydrogens is 484 g/mol. The van der Waals surface area contributed by atoms with E-state index in [4.69, 9.17) is 15.2 Å². The van der Waals surface area contributed by atoms with Crippen LogP contribution in [0.1, 0.15) is 108 Å². The van der Waals surface area contributed by atoms with Gasteiger partial charge in [-0.2, -0.15) is 12.6 Å². The van der Waals surface area contributed by atoms with Gasteiger partial charge in [0.05, 0.1) is 12.0 Å². The second-order valence-corrected chi connectivity index (χ2v) is 11.1. The van der Waals surface area contributed by atoms with E-state index in [-0.39, 0.29) is 30.4 Å². The molecule has 6 nitrogen and oxygen atoms in total. The van der Waals surface area contributed by atoms with Gasteiger partial charge in [-0.1, -0.05) is 71.9 Å².